The van der Waals surface area contributed by atoms with Crippen LogP contribution in [0.5, 0.6) is 0 Å². The smallest absolute Gasteiger partial charge is 0.247 e. The molecular formula is C27H38ClN3O4. The minimum atomic E-state index is -0.861. The van der Waals surface area contributed by atoms with Gasteiger partial charge in [-0.1, -0.05) is 69.5 Å². The highest BCUT2D eigenvalue weighted by Crippen LogP contribution is 2.47. The number of carbonyl (C=O) groups excluding carboxylic acids is 3. The Bertz CT molecular complexity index is 961. The fourth-order valence-electron chi connectivity index (χ4n) is 5.74. The van der Waals surface area contributed by atoms with Crippen molar-refractivity contribution >= 4 is 35.0 Å². The van der Waals surface area contributed by atoms with E-state index in [-0.39, 0.29) is 36.2 Å². The molecular weight excluding hydrogens is 466 g/mol. The van der Waals surface area contributed by atoms with Gasteiger partial charge in [0.2, 0.25) is 17.7 Å². The topological polar surface area (TPSA) is 98.7 Å². The van der Waals surface area contributed by atoms with Crippen molar-refractivity contribution in [2.24, 2.45) is 29.6 Å². The Morgan fingerprint density at radius 3 is 2.49 bits per heavy atom. The van der Waals surface area contributed by atoms with Gasteiger partial charge in [-0.15, -0.1) is 0 Å². The molecule has 2 aliphatic rings. The fraction of sp³-hybridized carbons (Fsp3) is 0.593. The van der Waals surface area contributed by atoms with E-state index in [4.69, 9.17) is 11.6 Å². The van der Waals surface area contributed by atoms with Crippen LogP contribution in [0.2, 0.25) is 5.02 Å². The van der Waals surface area contributed by atoms with Crippen molar-refractivity contribution in [3.8, 4) is 0 Å². The van der Waals surface area contributed by atoms with Crippen LogP contribution in [0, 0.1) is 36.5 Å². The van der Waals surface area contributed by atoms with Crippen molar-refractivity contribution in [1.82, 2.24) is 10.2 Å². The summed E-state index contributed by atoms with van der Waals surface area (Å²) in [6, 6.07) is 3.97. The number of nitrogens with zero attached hydrogens (tertiary/aromatic N) is 1. The maximum Gasteiger partial charge on any atom is 0.247 e. The summed E-state index contributed by atoms with van der Waals surface area (Å²) in [7, 11) is 1.58. The zero-order valence-electron chi connectivity index (χ0n) is 21.3. The normalized spacial score (nSPS) is 27.3. The van der Waals surface area contributed by atoms with Crippen LogP contribution in [-0.2, 0) is 14.4 Å². The SMILES string of the molecule is CCC[C@@H]1C=C[C@H]2[C@@H](C(=O)N([C@@H](CO)[C@@H](C)CC)[C@@H]2C(=O)Nc2c(C)cccc2Cl)[C@@H]1C(=O)NC. The number of amides is 3. The third-order valence-electron chi connectivity index (χ3n) is 7.80. The number of fused-ring (bicyclic) bond motifs is 1. The molecule has 3 amide bonds. The molecule has 7 nitrogen and oxygen atoms in total. The van der Waals surface area contributed by atoms with Crippen LogP contribution < -0.4 is 10.6 Å². The van der Waals surface area contributed by atoms with Gasteiger partial charge in [0.25, 0.3) is 0 Å². The van der Waals surface area contributed by atoms with Gasteiger partial charge in [-0.25, -0.2) is 0 Å². The van der Waals surface area contributed by atoms with Crippen LogP contribution in [-0.4, -0.2) is 53.5 Å². The first-order chi connectivity index (χ1) is 16.7. The first kappa shape index (κ1) is 27.2. The van der Waals surface area contributed by atoms with Gasteiger partial charge >= 0.3 is 0 Å². The fourth-order valence-corrected chi connectivity index (χ4v) is 6.01. The summed E-state index contributed by atoms with van der Waals surface area (Å²) in [4.78, 5) is 42.5. The van der Waals surface area contributed by atoms with Crippen LogP contribution in [0.3, 0.4) is 0 Å². The van der Waals surface area contributed by atoms with Crippen LogP contribution in [0.15, 0.2) is 30.4 Å². The van der Waals surface area contributed by atoms with E-state index in [1.54, 1.807) is 18.0 Å². The quantitative estimate of drug-likeness (QED) is 0.446. The maximum atomic E-state index is 14.0. The third-order valence-corrected chi connectivity index (χ3v) is 8.12. The summed E-state index contributed by atoms with van der Waals surface area (Å²) < 4.78 is 0. The van der Waals surface area contributed by atoms with E-state index in [2.05, 4.69) is 17.6 Å². The molecule has 192 valence electrons. The first-order valence-corrected chi connectivity index (χ1v) is 13.0. The van der Waals surface area contributed by atoms with Gasteiger partial charge in [0, 0.05) is 13.0 Å². The molecule has 0 aromatic heterocycles. The number of allylic oxidation sites excluding steroid dienone is 1. The van der Waals surface area contributed by atoms with E-state index >= 15 is 0 Å². The molecule has 0 saturated carbocycles. The summed E-state index contributed by atoms with van der Waals surface area (Å²) in [5, 5.41) is 16.4. The molecule has 0 spiro atoms. The number of nitrogens with one attached hydrogen (secondary N) is 2. The number of hydrogen-bond acceptors (Lipinski definition) is 4. The third kappa shape index (κ3) is 5.12. The number of likely N-dealkylation sites (tertiary alicyclic amines) is 1. The zero-order chi connectivity index (χ0) is 25.9. The summed E-state index contributed by atoms with van der Waals surface area (Å²) >= 11 is 6.38. The second-order valence-electron chi connectivity index (χ2n) is 9.83. The van der Waals surface area contributed by atoms with E-state index in [0.717, 1.165) is 24.8 Å². The second-order valence-corrected chi connectivity index (χ2v) is 10.2. The molecule has 35 heavy (non-hydrogen) atoms. The van der Waals surface area contributed by atoms with Gasteiger partial charge in [0.05, 0.1) is 35.2 Å². The summed E-state index contributed by atoms with van der Waals surface area (Å²) in [6.07, 6.45) is 6.32. The molecule has 1 aromatic carbocycles. The second kappa shape index (κ2) is 11.6. The minimum absolute atomic E-state index is 0.0321. The predicted molar refractivity (Wildman–Crippen MR) is 138 cm³/mol. The molecule has 1 heterocycles. The lowest BCUT2D eigenvalue weighted by Crippen LogP contribution is -2.52. The van der Waals surface area contributed by atoms with Gasteiger partial charge in [0.1, 0.15) is 6.04 Å². The maximum absolute atomic E-state index is 14.0. The van der Waals surface area contributed by atoms with Crippen molar-refractivity contribution in [2.75, 3.05) is 19.0 Å². The van der Waals surface area contributed by atoms with E-state index in [1.165, 1.54) is 0 Å². The van der Waals surface area contributed by atoms with Crippen LogP contribution in [0.4, 0.5) is 5.69 Å². The molecule has 8 heteroatoms. The van der Waals surface area contributed by atoms with E-state index < -0.39 is 29.8 Å². The van der Waals surface area contributed by atoms with Gasteiger partial charge in [0.15, 0.2) is 0 Å². The Balaban J connectivity index is 2.10. The van der Waals surface area contributed by atoms with Crippen molar-refractivity contribution in [3.05, 3.63) is 40.9 Å². The highest BCUT2D eigenvalue weighted by molar-refractivity contribution is 6.34. The van der Waals surface area contributed by atoms with Gasteiger partial charge in [-0.3, -0.25) is 14.4 Å². The summed E-state index contributed by atoms with van der Waals surface area (Å²) in [5.74, 6) is -2.64. The average Bonchev–Trinajstić information content (AvgIpc) is 3.13. The Morgan fingerprint density at radius 2 is 1.91 bits per heavy atom. The van der Waals surface area contributed by atoms with Gasteiger partial charge in [-0.05, 0) is 36.8 Å². The van der Waals surface area contributed by atoms with Crippen molar-refractivity contribution < 1.29 is 19.5 Å². The van der Waals surface area contributed by atoms with E-state index in [0.29, 0.717) is 10.7 Å². The molecule has 7 atom stereocenters. The number of aliphatic hydroxyl groups is 1. The van der Waals surface area contributed by atoms with Crippen molar-refractivity contribution in [2.45, 2.75) is 59.0 Å². The highest BCUT2D eigenvalue weighted by Gasteiger charge is 2.58. The molecule has 0 bridgehead atoms. The molecule has 1 fully saturated rings. The van der Waals surface area contributed by atoms with Gasteiger partial charge < -0.3 is 20.6 Å². The number of hydrogen-bond donors (Lipinski definition) is 3. The Labute approximate surface area is 213 Å². The van der Waals surface area contributed by atoms with E-state index in [9.17, 15) is 19.5 Å². The molecule has 1 aromatic rings. The largest absolute Gasteiger partial charge is 0.394 e. The number of halogens is 1. The highest BCUT2D eigenvalue weighted by atomic mass is 35.5. The molecule has 1 aliphatic heterocycles. The number of rotatable bonds is 9. The monoisotopic (exact) mass is 503 g/mol. The van der Waals surface area contributed by atoms with Crippen molar-refractivity contribution in [1.29, 1.82) is 0 Å². The Hall–Kier alpha value is -2.38. The standard InChI is InChI=1S/C27H38ClN3O4/c1-6-9-17-12-13-18-22(21(17)25(33)29-5)27(35)31(20(14-32)15(3)7-2)24(18)26(34)30-23-16(4)10-8-11-19(23)28/h8,10-13,15,17-18,20-22,24,32H,6-7,9,14H2,1-5H3,(H,29,33)(H,30,34)/t15-,17+,18-,20-,21+,22+,24-/m0/s1. The number of aryl methyl sites for hydroxylation is 1. The number of benzene rings is 1. The summed E-state index contributed by atoms with van der Waals surface area (Å²) in [6.45, 7) is 7.61. The van der Waals surface area contributed by atoms with Gasteiger partial charge in [-0.2, -0.15) is 0 Å². The lowest BCUT2D eigenvalue weighted by atomic mass is 9.68. The summed E-state index contributed by atoms with van der Waals surface area (Å²) in [5.41, 5.74) is 1.31. The molecule has 0 unspecified atom stereocenters. The Morgan fingerprint density at radius 1 is 1.20 bits per heavy atom. The molecule has 0 radical (unpaired) electrons. The Kier molecular flexibility index (Phi) is 9.00. The minimum Gasteiger partial charge on any atom is -0.394 e. The zero-order valence-corrected chi connectivity index (χ0v) is 22.0. The molecule has 3 N–H and O–H groups in total. The molecule has 3 rings (SSSR count). The first-order valence-electron chi connectivity index (χ1n) is 12.6. The lowest BCUT2D eigenvalue weighted by Gasteiger charge is -2.36. The number of para-hydroxylation sites is 1. The molecule has 1 saturated heterocycles. The molecule has 1 aliphatic carbocycles. The predicted octanol–water partition coefficient (Wildman–Crippen LogP) is 3.79. The number of aliphatic hydroxyl groups excluding tert-OH is 1. The van der Waals surface area contributed by atoms with Crippen molar-refractivity contribution in [3.63, 3.8) is 0 Å². The number of anilines is 1. The average molecular weight is 504 g/mol. The van der Waals surface area contributed by atoms with Crippen LogP contribution in [0.25, 0.3) is 0 Å². The van der Waals surface area contributed by atoms with E-state index in [1.807, 2.05) is 45.1 Å². The number of carbonyl (C=O) groups is 3. The van der Waals surface area contributed by atoms with Crippen LogP contribution >= 0.6 is 11.6 Å². The van der Waals surface area contributed by atoms with Crippen LogP contribution in [0.1, 0.15) is 45.6 Å². The lowest BCUT2D eigenvalue weighted by molar-refractivity contribution is -0.143.